The van der Waals surface area contributed by atoms with Crippen LogP contribution in [0.3, 0.4) is 0 Å². The summed E-state index contributed by atoms with van der Waals surface area (Å²) in [6.07, 6.45) is 1.28. The largest absolute Gasteiger partial charge is 0.504 e. The number of rotatable bonds is 3. The van der Waals surface area contributed by atoms with E-state index >= 15 is 0 Å². The first-order valence-electron chi connectivity index (χ1n) is 5.21. The zero-order valence-corrected chi connectivity index (χ0v) is 9.77. The van der Waals surface area contributed by atoms with Gasteiger partial charge in [-0.2, -0.15) is 5.26 Å². The lowest BCUT2D eigenvalue weighted by Gasteiger charge is -2.04. The van der Waals surface area contributed by atoms with Crippen molar-refractivity contribution in [2.24, 2.45) is 0 Å². The quantitative estimate of drug-likeness (QED) is 0.271. The number of nitrogens with one attached hydrogen (secondary N) is 1. The van der Waals surface area contributed by atoms with Gasteiger partial charge in [0.05, 0.1) is 5.69 Å². The summed E-state index contributed by atoms with van der Waals surface area (Å²) in [5.41, 5.74) is 5.66. The van der Waals surface area contributed by atoms with Gasteiger partial charge in [0.15, 0.2) is 11.5 Å². The number of benzene rings is 1. The molecular formula is C12H13N3O3. The number of aromatic hydroxyl groups is 2. The Kier molecular flexibility index (Phi) is 4.16. The summed E-state index contributed by atoms with van der Waals surface area (Å²) in [6.45, 7) is 2.14. The third-order valence-electron chi connectivity index (χ3n) is 2.16. The van der Waals surface area contributed by atoms with E-state index in [0.717, 1.165) is 0 Å². The Morgan fingerprint density at radius 1 is 1.56 bits per heavy atom. The van der Waals surface area contributed by atoms with Crippen LogP contribution in [0.4, 0.5) is 5.69 Å². The summed E-state index contributed by atoms with van der Waals surface area (Å²) in [7, 11) is 0. The van der Waals surface area contributed by atoms with Crippen LogP contribution in [0.15, 0.2) is 17.7 Å². The lowest BCUT2D eigenvalue weighted by atomic mass is 10.1. The molecule has 1 aromatic rings. The SMILES string of the molecule is CCNC(=O)/C(C#N)=C/c1cc(N)c(O)c(O)c1. The molecule has 0 fully saturated rings. The van der Waals surface area contributed by atoms with E-state index in [1.54, 1.807) is 13.0 Å². The molecule has 0 saturated carbocycles. The summed E-state index contributed by atoms with van der Waals surface area (Å²) >= 11 is 0. The van der Waals surface area contributed by atoms with Gasteiger partial charge in [-0.1, -0.05) is 0 Å². The molecule has 0 spiro atoms. The van der Waals surface area contributed by atoms with Crippen molar-refractivity contribution in [3.63, 3.8) is 0 Å². The molecule has 6 nitrogen and oxygen atoms in total. The number of nitriles is 1. The van der Waals surface area contributed by atoms with Gasteiger partial charge in [0.2, 0.25) is 0 Å². The number of hydrogen-bond donors (Lipinski definition) is 4. The van der Waals surface area contributed by atoms with E-state index in [1.165, 1.54) is 18.2 Å². The molecule has 0 radical (unpaired) electrons. The fraction of sp³-hybridized carbons (Fsp3) is 0.167. The molecule has 0 aliphatic heterocycles. The van der Waals surface area contributed by atoms with Crippen molar-refractivity contribution in [3.8, 4) is 17.6 Å². The number of hydrogen-bond acceptors (Lipinski definition) is 5. The molecule has 0 unspecified atom stereocenters. The van der Waals surface area contributed by atoms with Crippen molar-refractivity contribution in [1.29, 1.82) is 5.26 Å². The molecule has 6 heteroatoms. The van der Waals surface area contributed by atoms with Crippen LogP contribution < -0.4 is 11.1 Å². The number of carbonyl (C=O) groups is 1. The third kappa shape index (κ3) is 2.92. The highest BCUT2D eigenvalue weighted by Crippen LogP contribution is 2.32. The van der Waals surface area contributed by atoms with Crippen molar-refractivity contribution in [3.05, 3.63) is 23.3 Å². The van der Waals surface area contributed by atoms with Gasteiger partial charge >= 0.3 is 0 Å². The summed E-state index contributed by atoms with van der Waals surface area (Å²) in [5, 5.41) is 30.0. The Bertz CT molecular complexity index is 521. The molecule has 0 atom stereocenters. The lowest BCUT2D eigenvalue weighted by molar-refractivity contribution is -0.116. The fourth-order valence-corrected chi connectivity index (χ4v) is 1.32. The summed E-state index contributed by atoms with van der Waals surface area (Å²) in [6, 6.07) is 4.32. The molecule has 0 aromatic heterocycles. The van der Waals surface area contributed by atoms with Gasteiger partial charge in [-0.15, -0.1) is 0 Å². The van der Waals surface area contributed by atoms with Crippen LogP contribution in [0.25, 0.3) is 6.08 Å². The predicted octanol–water partition coefficient (Wildman–Crippen LogP) is 0.723. The Balaban J connectivity index is 3.15. The first kappa shape index (κ1) is 13.4. The second-order valence-electron chi connectivity index (χ2n) is 3.51. The normalized spacial score (nSPS) is 10.8. The van der Waals surface area contributed by atoms with Crippen LogP contribution in [0.2, 0.25) is 0 Å². The van der Waals surface area contributed by atoms with E-state index in [-0.39, 0.29) is 11.3 Å². The highest BCUT2D eigenvalue weighted by atomic mass is 16.3. The summed E-state index contributed by atoms with van der Waals surface area (Å²) < 4.78 is 0. The number of likely N-dealkylation sites (N-methyl/N-ethyl adjacent to an activating group) is 1. The van der Waals surface area contributed by atoms with Crippen LogP contribution in [0.5, 0.6) is 11.5 Å². The van der Waals surface area contributed by atoms with E-state index in [9.17, 15) is 15.0 Å². The monoisotopic (exact) mass is 247 g/mol. The van der Waals surface area contributed by atoms with Crippen molar-refractivity contribution in [2.45, 2.75) is 6.92 Å². The minimum Gasteiger partial charge on any atom is -0.504 e. The van der Waals surface area contributed by atoms with Gasteiger partial charge in [-0.05, 0) is 30.7 Å². The first-order valence-corrected chi connectivity index (χ1v) is 5.21. The van der Waals surface area contributed by atoms with E-state index in [4.69, 9.17) is 11.0 Å². The first-order chi connectivity index (χ1) is 8.49. The summed E-state index contributed by atoms with van der Waals surface area (Å²) in [5.74, 6) is -1.34. The molecule has 0 aliphatic rings. The Hall–Kier alpha value is -2.68. The predicted molar refractivity (Wildman–Crippen MR) is 66.5 cm³/mol. The van der Waals surface area contributed by atoms with Crippen molar-refractivity contribution >= 4 is 17.7 Å². The molecule has 0 heterocycles. The number of nitrogen functional groups attached to an aromatic ring is 1. The molecule has 5 N–H and O–H groups in total. The van der Waals surface area contributed by atoms with Crippen LogP contribution >= 0.6 is 0 Å². The van der Waals surface area contributed by atoms with Crippen molar-refractivity contribution in [2.75, 3.05) is 12.3 Å². The standard InChI is InChI=1S/C12H13N3O3/c1-2-15-12(18)8(6-13)3-7-4-9(14)11(17)10(16)5-7/h3-5,16-17H,2,14H2,1H3,(H,15,18)/b8-3+. The smallest absolute Gasteiger partial charge is 0.261 e. The van der Waals surface area contributed by atoms with Crippen molar-refractivity contribution < 1.29 is 15.0 Å². The number of nitrogens with zero attached hydrogens (tertiary/aromatic N) is 1. The fourth-order valence-electron chi connectivity index (χ4n) is 1.32. The molecule has 0 aliphatic carbocycles. The minimum absolute atomic E-state index is 0.0329. The maximum absolute atomic E-state index is 11.5. The molecule has 1 amide bonds. The van der Waals surface area contributed by atoms with Crippen LogP contribution in [-0.2, 0) is 4.79 Å². The molecule has 0 bridgehead atoms. The average Bonchev–Trinajstić information content (AvgIpc) is 2.33. The van der Waals surface area contributed by atoms with Gasteiger partial charge in [0.25, 0.3) is 5.91 Å². The lowest BCUT2D eigenvalue weighted by Crippen LogP contribution is -2.23. The molecule has 94 valence electrons. The van der Waals surface area contributed by atoms with Gasteiger partial charge in [0.1, 0.15) is 11.6 Å². The molecule has 1 aromatic carbocycles. The van der Waals surface area contributed by atoms with Crippen molar-refractivity contribution in [1.82, 2.24) is 5.32 Å². The number of phenolic OH excluding ortho intramolecular Hbond substituents is 2. The second kappa shape index (κ2) is 5.59. The minimum atomic E-state index is -0.508. The third-order valence-corrected chi connectivity index (χ3v) is 2.16. The van der Waals surface area contributed by atoms with Crippen LogP contribution in [0.1, 0.15) is 12.5 Å². The topological polar surface area (TPSA) is 119 Å². The zero-order valence-electron chi connectivity index (χ0n) is 9.77. The van der Waals surface area contributed by atoms with E-state index in [1.807, 2.05) is 0 Å². The Morgan fingerprint density at radius 3 is 2.72 bits per heavy atom. The average molecular weight is 247 g/mol. The van der Waals surface area contributed by atoms with Crippen LogP contribution in [-0.4, -0.2) is 22.7 Å². The van der Waals surface area contributed by atoms with Gasteiger partial charge < -0.3 is 21.3 Å². The highest BCUT2D eigenvalue weighted by molar-refractivity contribution is 6.01. The molecular weight excluding hydrogens is 234 g/mol. The zero-order chi connectivity index (χ0) is 13.7. The van der Waals surface area contributed by atoms with E-state index < -0.39 is 17.4 Å². The molecule has 18 heavy (non-hydrogen) atoms. The number of carbonyl (C=O) groups excluding carboxylic acids is 1. The maximum atomic E-state index is 11.5. The Labute approximate surface area is 104 Å². The number of amides is 1. The maximum Gasteiger partial charge on any atom is 0.261 e. The van der Waals surface area contributed by atoms with E-state index in [2.05, 4.69) is 5.32 Å². The summed E-state index contributed by atoms with van der Waals surface area (Å²) in [4.78, 5) is 11.5. The molecule has 1 rings (SSSR count). The molecule has 0 saturated heterocycles. The van der Waals surface area contributed by atoms with Gasteiger partial charge in [-0.3, -0.25) is 4.79 Å². The number of phenols is 2. The number of nitrogens with two attached hydrogens (primary N) is 1. The van der Waals surface area contributed by atoms with Gasteiger partial charge in [-0.25, -0.2) is 0 Å². The highest BCUT2D eigenvalue weighted by Gasteiger charge is 2.10. The van der Waals surface area contributed by atoms with Crippen LogP contribution in [0, 0.1) is 11.3 Å². The number of anilines is 1. The van der Waals surface area contributed by atoms with E-state index in [0.29, 0.717) is 12.1 Å². The Morgan fingerprint density at radius 2 is 2.22 bits per heavy atom. The van der Waals surface area contributed by atoms with Gasteiger partial charge in [0, 0.05) is 6.54 Å². The second-order valence-corrected chi connectivity index (χ2v) is 3.51.